The lowest BCUT2D eigenvalue weighted by atomic mass is 10.00. The van der Waals surface area contributed by atoms with E-state index in [1.165, 1.54) is 6.20 Å². The molecule has 0 unspecified atom stereocenters. The Hall–Kier alpha value is -3.38. The van der Waals surface area contributed by atoms with Gasteiger partial charge >= 0.3 is 0 Å². The molecular weight excluding hydrogens is 284 g/mol. The Kier molecular flexibility index (Phi) is 4.17. The first-order valence-electron chi connectivity index (χ1n) is 7.16. The quantitative estimate of drug-likeness (QED) is 0.743. The average Bonchev–Trinajstić information content (AvgIpc) is 2.63. The summed E-state index contributed by atoms with van der Waals surface area (Å²) in [6.45, 7) is 0. The first-order chi connectivity index (χ1) is 11.3. The molecule has 3 aromatic rings. The lowest BCUT2D eigenvalue weighted by Gasteiger charge is -2.13. The van der Waals surface area contributed by atoms with E-state index in [1.807, 2.05) is 48.5 Å². The van der Waals surface area contributed by atoms with Crippen LogP contribution in [0.2, 0.25) is 0 Å². The number of para-hydroxylation sites is 1. The maximum absolute atomic E-state index is 12.4. The van der Waals surface area contributed by atoms with Crippen LogP contribution in [0.5, 0.6) is 0 Å². The summed E-state index contributed by atoms with van der Waals surface area (Å²) in [4.78, 5) is 16.4. The summed E-state index contributed by atoms with van der Waals surface area (Å²) in [5.74, 6) is 2.39. The van der Waals surface area contributed by atoms with Gasteiger partial charge in [-0.2, -0.15) is 0 Å². The largest absolute Gasteiger partial charge is 0.320 e. The maximum Gasteiger partial charge on any atom is 0.257 e. The summed E-state index contributed by atoms with van der Waals surface area (Å²) < 4.78 is 0. The zero-order chi connectivity index (χ0) is 16.1. The molecule has 1 aromatic heterocycles. The number of hydrogen-bond donors (Lipinski definition) is 1. The summed E-state index contributed by atoms with van der Waals surface area (Å²) in [6.07, 6.45) is 8.75. The molecule has 0 bridgehead atoms. The number of nitrogens with zero attached hydrogens (tertiary/aromatic N) is 1. The van der Waals surface area contributed by atoms with E-state index in [-0.39, 0.29) is 5.91 Å². The number of pyridine rings is 1. The molecule has 1 heterocycles. The minimum atomic E-state index is -0.238. The number of amides is 1. The summed E-state index contributed by atoms with van der Waals surface area (Å²) in [5.41, 5.74) is 3.64. The molecule has 0 saturated heterocycles. The molecule has 0 radical (unpaired) electrons. The zero-order valence-corrected chi connectivity index (χ0v) is 12.4. The van der Waals surface area contributed by atoms with Crippen LogP contribution in [-0.4, -0.2) is 10.9 Å². The van der Waals surface area contributed by atoms with Crippen molar-refractivity contribution in [3.63, 3.8) is 0 Å². The van der Waals surface area contributed by atoms with Crippen LogP contribution in [0.15, 0.2) is 73.1 Å². The molecule has 0 aliphatic rings. The fourth-order valence-corrected chi connectivity index (χ4v) is 2.35. The van der Waals surface area contributed by atoms with E-state index in [0.717, 1.165) is 11.1 Å². The fraction of sp³-hybridized carbons (Fsp3) is 0. The van der Waals surface area contributed by atoms with E-state index >= 15 is 0 Å². The molecule has 3 nitrogen and oxygen atoms in total. The van der Waals surface area contributed by atoms with Crippen molar-refractivity contribution in [2.24, 2.45) is 0 Å². The average molecular weight is 298 g/mol. The number of aromatic nitrogens is 1. The highest BCUT2D eigenvalue weighted by Gasteiger charge is 2.13. The van der Waals surface area contributed by atoms with Gasteiger partial charge in [0.2, 0.25) is 0 Å². The van der Waals surface area contributed by atoms with E-state index in [1.54, 1.807) is 18.3 Å². The number of anilines is 1. The number of benzene rings is 2. The molecule has 0 aliphatic carbocycles. The Labute approximate surface area is 135 Å². The maximum atomic E-state index is 12.4. The van der Waals surface area contributed by atoms with Crippen LogP contribution in [-0.2, 0) is 0 Å². The summed E-state index contributed by atoms with van der Waals surface area (Å²) in [7, 11) is 0. The van der Waals surface area contributed by atoms with Gasteiger partial charge in [-0.05, 0) is 23.8 Å². The molecule has 0 saturated carbocycles. The summed E-state index contributed by atoms with van der Waals surface area (Å²) in [6, 6.07) is 18.9. The number of nitrogens with one attached hydrogen (secondary N) is 1. The van der Waals surface area contributed by atoms with Crippen LogP contribution in [0.25, 0.3) is 11.1 Å². The summed E-state index contributed by atoms with van der Waals surface area (Å²) >= 11 is 0. The number of carbonyl (C=O) groups is 1. The molecule has 0 atom stereocenters. The van der Waals surface area contributed by atoms with Crippen LogP contribution in [0.1, 0.15) is 15.9 Å². The van der Waals surface area contributed by atoms with Crippen molar-refractivity contribution in [3.8, 4) is 23.5 Å². The molecule has 3 rings (SSSR count). The highest BCUT2D eigenvalue weighted by atomic mass is 16.1. The molecule has 0 spiro atoms. The topological polar surface area (TPSA) is 42.0 Å². The van der Waals surface area contributed by atoms with Crippen molar-refractivity contribution in [3.05, 3.63) is 84.2 Å². The summed E-state index contributed by atoms with van der Waals surface area (Å²) in [5, 5.41) is 2.92. The van der Waals surface area contributed by atoms with Gasteiger partial charge in [0.05, 0.1) is 11.3 Å². The predicted octanol–water partition coefficient (Wildman–Crippen LogP) is 3.98. The van der Waals surface area contributed by atoms with Gasteiger partial charge in [0.25, 0.3) is 5.91 Å². The van der Waals surface area contributed by atoms with Gasteiger partial charge < -0.3 is 5.32 Å². The molecule has 3 heteroatoms. The molecule has 1 N–H and O–H groups in total. The third-order valence-corrected chi connectivity index (χ3v) is 3.47. The molecule has 1 amide bonds. The van der Waals surface area contributed by atoms with Gasteiger partial charge in [-0.15, -0.1) is 6.42 Å². The van der Waals surface area contributed by atoms with Crippen LogP contribution < -0.4 is 5.32 Å². The molecular formula is C20H14N2O. The van der Waals surface area contributed by atoms with Gasteiger partial charge in [0.1, 0.15) is 0 Å². The van der Waals surface area contributed by atoms with Crippen molar-refractivity contribution in [1.29, 1.82) is 0 Å². The van der Waals surface area contributed by atoms with Crippen molar-refractivity contribution in [2.75, 3.05) is 5.32 Å². The number of hydrogen-bond acceptors (Lipinski definition) is 2. The van der Waals surface area contributed by atoms with Crippen LogP contribution in [0.4, 0.5) is 5.69 Å². The van der Waals surface area contributed by atoms with Crippen molar-refractivity contribution in [1.82, 2.24) is 4.98 Å². The van der Waals surface area contributed by atoms with Gasteiger partial charge in [-0.3, -0.25) is 9.78 Å². The number of terminal acetylenes is 1. The Morgan fingerprint density at radius 2 is 1.83 bits per heavy atom. The molecule has 23 heavy (non-hydrogen) atoms. The minimum absolute atomic E-state index is 0.238. The lowest BCUT2D eigenvalue weighted by molar-refractivity contribution is 0.102. The highest BCUT2D eigenvalue weighted by Crippen LogP contribution is 2.31. The first-order valence-corrected chi connectivity index (χ1v) is 7.16. The van der Waals surface area contributed by atoms with Gasteiger partial charge in [-0.25, -0.2) is 0 Å². The van der Waals surface area contributed by atoms with Crippen molar-refractivity contribution in [2.45, 2.75) is 0 Å². The Morgan fingerprint density at radius 3 is 2.52 bits per heavy atom. The smallest absolute Gasteiger partial charge is 0.257 e. The van der Waals surface area contributed by atoms with Crippen LogP contribution >= 0.6 is 0 Å². The van der Waals surface area contributed by atoms with E-state index < -0.39 is 0 Å². The van der Waals surface area contributed by atoms with Crippen molar-refractivity contribution < 1.29 is 4.79 Å². The lowest BCUT2D eigenvalue weighted by Crippen LogP contribution is -2.14. The van der Waals surface area contributed by atoms with Crippen LogP contribution in [0, 0.1) is 12.3 Å². The fourth-order valence-electron chi connectivity index (χ4n) is 2.35. The van der Waals surface area contributed by atoms with Gasteiger partial charge in [0.15, 0.2) is 0 Å². The van der Waals surface area contributed by atoms with Gasteiger partial charge in [0, 0.05) is 23.5 Å². The van der Waals surface area contributed by atoms with Gasteiger partial charge in [-0.1, -0.05) is 48.4 Å². The first kappa shape index (κ1) is 14.6. The molecule has 0 fully saturated rings. The minimum Gasteiger partial charge on any atom is -0.320 e. The number of rotatable bonds is 3. The predicted molar refractivity (Wildman–Crippen MR) is 92.0 cm³/mol. The second-order valence-electron chi connectivity index (χ2n) is 4.93. The standard InChI is InChI=1S/C20H14N2O/c1-2-15-10-6-12-18(16-8-4-3-5-9-16)19(15)22-20(23)17-11-7-13-21-14-17/h1,3-14H,(H,22,23). The third-order valence-electron chi connectivity index (χ3n) is 3.47. The Bertz CT molecular complexity index is 865. The zero-order valence-electron chi connectivity index (χ0n) is 12.4. The SMILES string of the molecule is C#Cc1cccc(-c2ccccc2)c1NC(=O)c1cccnc1. The van der Waals surface area contributed by atoms with E-state index in [4.69, 9.17) is 6.42 Å². The number of carbonyl (C=O) groups excluding carboxylic acids is 1. The Morgan fingerprint density at radius 1 is 1.00 bits per heavy atom. The second kappa shape index (κ2) is 6.59. The van der Waals surface area contributed by atoms with Crippen molar-refractivity contribution >= 4 is 11.6 Å². The normalized spacial score (nSPS) is 9.87. The molecule has 0 aliphatic heterocycles. The molecule has 2 aromatic carbocycles. The van der Waals surface area contributed by atoms with E-state index in [0.29, 0.717) is 16.8 Å². The third kappa shape index (κ3) is 3.12. The molecule has 110 valence electrons. The highest BCUT2D eigenvalue weighted by molar-refractivity contribution is 6.07. The monoisotopic (exact) mass is 298 g/mol. The van der Waals surface area contributed by atoms with Crippen LogP contribution in [0.3, 0.4) is 0 Å². The second-order valence-corrected chi connectivity index (χ2v) is 4.93. The van der Waals surface area contributed by atoms with E-state index in [2.05, 4.69) is 16.2 Å². The van der Waals surface area contributed by atoms with E-state index in [9.17, 15) is 4.79 Å². The Balaban J connectivity index is 2.04.